The predicted octanol–water partition coefficient (Wildman–Crippen LogP) is 2.53. The molecule has 0 radical (unpaired) electrons. The van der Waals surface area contributed by atoms with Gasteiger partial charge in [-0.25, -0.2) is 0 Å². The summed E-state index contributed by atoms with van der Waals surface area (Å²) >= 11 is 0. The van der Waals surface area contributed by atoms with E-state index < -0.39 is 0 Å². The zero-order valence-electron chi connectivity index (χ0n) is 10.6. The molecule has 0 saturated carbocycles. The first-order chi connectivity index (χ1) is 8.49. The molecule has 0 aliphatic rings. The highest BCUT2D eigenvalue weighted by Gasteiger charge is 2.13. The third-order valence-corrected chi connectivity index (χ3v) is 2.42. The Morgan fingerprint density at radius 3 is 2.61 bits per heavy atom. The molecule has 1 rings (SSSR count). The topological polar surface area (TPSA) is 70.3 Å². The molecule has 94 valence electrons. The summed E-state index contributed by atoms with van der Waals surface area (Å²) in [4.78, 5) is 11.7. The van der Waals surface area contributed by atoms with Gasteiger partial charge in [0.25, 0.3) is 0 Å². The number of ketones is 1. The van der Waals surface area contributed by atoms with Crippen LogP contribution in [0.1, 0.15) is 19.4 Å². The molecule has 0 aliphatic heterocycles. The van der Waals surface area contributed by atoms with Crippen molar-refractivity contribution in [2.75, 3.05) is 7.11 Å². The van der Waals surface area contributed by atoms with Crippen LogP contribution in [0.15, 0.2) is 23.8 Å². The number of nitriles is 1. The lowest BCUT2D eigenvalue weighted by atomic mass is 10.00. The predicted molar refractivity (Wildman–Crippen MR) is 68.1 cm³/mol. The lowest BCUT2D eigenvalue weighted by molar-refractivity contribution is -0.117. The Balaban J connectivity index is 3.12. The van der Waals surface area contributed by atoms with E-state index in [1.54, 1.807) is 26.0 Å². The molecular formula is C14H15NO3. The first-order valence-electron chi connectivity index (χ1n) is 5.52. The maximum absolute atomic E-state index is 11.7. The molecule has 1 N–H and O–H groups in total. The van der Waals surface area contributed by atoms with Gasteiger partial charge in [0.1, 0.15) is 6.07 Å². The van der Waals surface area contributed by atoms with Gasteiger partial charge in [-0.2, -0.15) is 5.26 Å². The van der Waals surface area contributed by atoms with E-state index >= 15 is 0 Å². The molecule has 18 heavy (non-hydrogen) atoms. The number of benzene rings is 1. The lowest BCUT2D eigenvalue weighted by Crippen LogP contribution is -2.08. The first kappa shape index (κ1) is 13.8. The number of hydrogen-bond acceptors (Lipinski definition) is 4. The molecule has 0 aliphatic carbocycles. The Labute approximate surface area is 106 Å². The summed E-state index contributed by atoms with van der Waals surface area (Å²) in [6, 6.07) is 6.58. The smallest absolute Gasteiger partial charge is 0.175 e. The van der Waals surface area contributed by atoms with Crippen molar-refractivity contribution in [2.45, 2.75) is 13.8 Å². The minimum atomic E-state index is -0.234. The lowest BCUT2D eigenvalue weighted by Gasteiger charge is -2.05. The number of aromatic hydroxyl groups is 1. The van der Waals surface area contributed by atoms with Gasteiger partial charge in [-0.05, 0) is 23.8 Å². The third kappa shape index (κ3) is 3.11. The van der Waals surface area contributed by atoms with E-state index in [2.05, 4.69) is 0 Å². The average Bonchev–Trinajstić information content (AvgIpc) is 2.35. The number of carbonyl (C=O) groups is 1. The van der Waals surface area contributed by atoms with Crippen molar-refractivity contribution in [3.8, 4) is 17.6 Å². The number of rotatable bonds is 4. The number of methoxy groups -OCH3 is 1. The molecule has 0 spiro atoms. The Kier molecular flexibility index (Phi) is 4.50. The molecule has 0 unspecified atom stereocenters. The van der Waals surface area contributed by atoms with Crippen LogP contribution in [0.25, 0.3) is 6.08 Å². The van der Waals surface area contributed by atoms with Gasteiger partial charge >= 0.3 is 0 Å². The molecule has 0 fully saturated rings. The van der Waals surface area contributed by atoms with E-state index in [9.17, 15) is 9.90 Å². The van der Waals surface area contributed by atoms with Crippen LogP contribution in [0.4, 0.5) is 0 Å². The van der Waals surface area contributed by atoms with Gasteiger partial charge in [0, 0.05) is 5.92 Å². The standard InChI is InChI=1S/C14H15NO3/c1-9(2)14(17)11(8-15)6-10-4-5-13(18-3)12(16)7-10/h4-7,9,16H,1-3H3/b11-6+. The number of allylic oxidation sites excluding steroid dienone is 1. The summed E-state index contributed by atoms with van der Waals surface area (Å²) in [6.07, 6.45) is 1.46. The second-order valence-electron chi connectivity index (χ2n) is 4.12. The highest BCUT2D eigenvalue weighted by molar-refractivity contribution is 6.04. The number of phenolic OH excluding ortho intramolecular Hbond substituents is 1. The third-order valence-electron chi connectivity index (χ3n) is 2.42. The van der Waals surface area contributed by atoms with E-state index in [1.807, 2.05) is 6.07 Å². The van der Waals surface area contributed by atoms with Crippen LogP contribution < -0.4 is 4.74 Å². The molecule has 0 saturated heterocycles. The van der Waals surface area contributed by atoms with E-state index in [4.69, 9.17) is 10.00 Å². The highest BCUT2D eigenvalue weighted by atomic mass is 16.5. The molecular weight excluding hydrogens is 230 g/mol. The number of phenols is 1. The van der Waals surface area contributed by atoms with Crippen molar-refractivity contribution < 1.29 is 14.6 Å². The van der Waals surface area contributed by atoms with Gasteiger partial charge in [-0.3, -0.25) is 4.79 Å². The second-order valence-corrected chi connectivity index (χ2v) is 4.12. The molecule has 0 aromatic heterocycles. The molecule has 0 atom stereocenters. The summed E-state index contributed by atoms with van der Waals surface area (Å²) in [5.74, 6) is -0.128. The van der Waals surface area contributed by atoms with Gasteiger partial charge in [-0.1, -0.05) is 19.9 Å². The van der Waals surface area contributed by atoms with Gasteiger partial charge in [0.05, 0.1) is 12.7 Å². The summed E-state index contributed by atoms with van der Waals surface area (Å²) < 4.78 is 4.91. The van der Waals surface area contributed by atoms with Crippen LogP contribution in [0, 0.1) is 17.2 Å². The fourth-order valence-electron chi connectivity index (χ4n) is 1.43. The van der Waals surface area contributed by atoms with Gasteiger partial charge < -0.3 is 9.84 Å². The van der Waals surface area contributed by atoms with Crippen LogP contribution in [0.2, 0.25) is 0 Å². The van der Waals surface area contributed by atoms with Crippen molar-refractivity contribution >= 4 is 11.9 Å². The average molecular weight is 245 g/mol. The molecule has 0 bridgehead atoms. The van der Waals surface area contributed by atoms with Crippen molar-refractivity contribution in [1.29, 1.82) is 5.26 Å². The Bertz CT molecular complexity index is 524. The Morgan fingerprint density at radius 1 is 1.50 bits per heavy atom. The normalized spacial score (nSPS) is 11.2. The van der Waals surface area contributed by atoms with Crippen molar-refractivity contribution in [1.82, 2.24) is 0 Å². The van der Waals surface area contributed by atoms with Crippen LogP contribution in [-0.4, -0.2) is 18.0 Å². The maximum atomic E-state index is 11.7. The minimum Gasteiger partial charge on any atom is -0.504 e. The maximum Gasteiger partial charge on any atom is 0.175 e. The van der Waals surface area contributed by atoms with E-state index in [-0.39, 0.29) is 23.0 Å². The van der Waals surface area contributed by atoms with E-state index in [0.29, 0.717) is 11.3 Å². The molecule has 1 aromatic carbocycles. The zero-order valence-corrected chi connectivity index (χ0v) is 10.6. The summed E-state index contributed by atoms with van der Waals surface area (Å²) in [6.45, 7) is 3.47. The Morgan fingerprint density at radius 2 is 2.17 bits per heavy atom. The van der Waals surface area contributed by atoms with Crippen molar-refractivity contribution in [3.63, 3.8) is 0 Å². The molecule has 0 heterocycles. The molecule has 1 aromatic rings. The fraction of sp³-hybridized carbons (Fsp3) is 0.286. The summed E-state index contributed by atoms with van der Waals surface area (Å²) in [5.41, 5.74) is 0.661. The number of ether oxygens (including phenoxy) is 1. The van der Waals surface area contributed by atoms with Gasteiger partial charge in [0.2, 0.25) is 0 Å². The van der Waals surface area contributed by atoms with Crippen molar-refractivity contribution in [3.05, 3.63) is 29.3 Å². The highest BCUT2D eigenvalue weighted by Crippen LogP contribution is 2.27. The van der Waals surface area contributed by atoms with Crippen LogP contribution in [0.5, 0.6) is 11.5 Å². The monoisotopic (exact) mass is 245 g/mol. The van der Waals surface area contributed by atoms with Crippen LogP contribution in [-0.2, 0) is 4.79 Å². The second kappa shape index (κ2) is 5.87. The number of Topliss-reactive ketones (excluding diaryl/α,β-unsaturated/α-hetero) is 1. The van der Waals surface area contributed by atoms with Crippen LogP contribution in [0.3, 0.4) is 0 Å². The van der Waals surface area contributed by atoms with Gasteiger partial charge in [0.15, 0.2) is 17.3 Å². The first-order valence-corrected chi connectivity index (χ1v) is 5.52. The molecule has 4 heteroatoms. The molecule has 0 amide bonds. The number of hydrogen-bond donors (Lipinski definition) is 1. The molecule has 4 nitrogen and oxygen atoms in total. The summed E-state index contributed by atoms with van der Waals surface area (Å²) in [7, 11) is 1.45. The SMILES string of the molecule is COc1ccc(/C=C(\C#N)C(=O)C(C)C)cc1O. The van der Waals surface area contributed by atoms with E-state index in [1.165, 1.54) is 19.3 Å². The fourth-order valence-corrected chi connectivity index (χ4v) is 1.43. The Hall–Kier alpha value is -2.28. The van der Waals surface area contributed by atoms with Crippen molar-refractivity contribution in [2.24, 2.45) is 5.92 Å². The zero-order chi connectivity index (χ0) is 13.7. The number of carbonyl (C=O) groups excluding carboxylic acids is 1. The van der Waals surface area contributed by atoms with Crippen LogP contribution >= 0.6 is 0 Å². The minimum absolute atomic E-state index is 0.0273. The van der Waals surface area contributed by atoms with E-state index in [0.717, 1.165) is 0 Å². The quantitative estimate of drug-likeness (QED) is 0.653. The number of nitrogens with zero attached hydrogens (tertiary/aromatic N) is 1. The largest absolute Gasteiger partial charge is 0.504 e. The van der Waals surface area contributed by atoms with Gasteiger partial charge in [-0.15, -0.1) is 0 Å². The summed E-state index contributed by atoms with van der Waals surface area (Å²) in [5, 5.41) is 18.6.